The lowest BCUT2D eigenvalue weighted by Gasteiger charge is -2.06. The van der Waals surface area contributed by atoms with Crippen LogP contribution in [0.5, 0.6) is 17.2 Å². The maximum atomic E-state index is 12.1. The molecule has 0 aliphatic rings. The summed E-state index contributed by atoms with van der Waals surface area (Å²) < 4.78 is 20.5. The van der Waals surface area contributed by atoms with Crippen LogP contribution in [0.25, 0.3) is 11.0 Å². The fraction of sp³-hybridized carbons (Fsp3) is 0.143. The summed E-state index contributed by atoms with van der Waals surface area (Å²) in [5.41, 5.74) is 0.199. The first kappa shape index (κ1) is 18.9. The van der Waals surface area contributed by atoms with Crippen LogP contribution in [0.15, 0.2) is 51.7 Å². The average molecular weight is 380 g/mol. The van der Waals surface area contributed by atoms with Gasteiger partial charge >= 0.3 is 5.97 Å². The SMILES string of the molecule is COC(=O)c1cc(=O)c2c(O)cc(OCC#Cc3cccc(OC)c3)cc2o1. The normalized spacial score (nSPS) is 10.1. The highest BCUT2D eigenvalue weighted by Crippen LogP contribution is 2.28. The molecule has 7 nitrogen and oxygen atoms in total. The summed E-state index contributed by atoms with van der Waals surface area (Å²) in [5, 5.41) is 10.1. The van der Waals surface area contributed by atoms with Crippen LogP contribution >= 0.6 is 0 Å². The molecule has 0 bridgehead atoms. The van der Waals surface area contributed by atoms with Crippen LogP contribution in [-0.2, 0) is 4.74 Å². The molecule has 0 spiro atoms. The second-order valence-corrected chi connectivity index (χ2v) is 5.60. The van der Waals surface area contributed by atoms with Gasteiger partial charge in [0.05, 0.1) is 14.2 Å². The first-order chi connectivity index (χ1) is 13.5. The predicted octanol–water partition coefficient (Wildman–Crippen LogP) is 2.72. The molecule has 0 atom stereocenters. The Morgan fingerprint density at radius 2 is 1.96 bits per heavy atom. The number of carbonyl (C=O) groups is 1. The minimum atomic E-state index is -0.797. The molecule has 0 radical (unpaired) electrons. The minimum Gasteiger partial charge on any atom is -0.507 e. The summed E-state index contributed by atoms with van der Waals surface area (Å²) in [5.74, 6) is 5.32. The maximum absolute atomic E-state index is 12.1. The Morgan fingerprint density at radius 1 is 1.14 bits per heavy atom. The zero-order chi connectivity index (χ0) is 20.1. The van der Waals surface area contributed by atoms with Gasteiger partial charge in [0.15, 0.2) is 5.43 Å². The number of hydrogen-bond acceptors (Lipinski definition) is 7. The number of esters is 1. The highest BCUT2D eigenvalue weighted by molar-refractivity contribution is 5.91. The van der Waals surface area contributed by atoms with Crippen LogP contribution < -0.4 is 14.9 Å². The largest absolute Gasteiger partial charge is 0.507 e. The number of carbonyl (C=O) groups excluding carboxylic acids is 1. The number of benzene rings is 2. The summed E-state index contributed by atoms with van der Waals surface area (Å²) in [7, 11) is 2.75. The summed E-state index contributed by atoms with van der Waals surface area (Å²) in [4.78, 5) is 23.7. The van der Waals surface area contributed by atoms with Crippen molar-refractivity contribution in [3.05, 3.63) is 64.0 Å². The van der Waals surface area contributed by atoms with Crippen LogP contribution in [0.4, 0.5) is 0 Å². The lowest BCUT2D eigenvalue weighted by molar-refractivity contribution is 0.0565. The van der Waals surface area contributed by atoms with Crippen LogP contribution in [0.1, 0.15) is 16.1 Å². The third kappa shape index (κ3) is 4.07. The number of aromatic hydroxyl groups is 1. The van der Waals surface area contributed by atoms with E-state index in [2.05, 4.69) is 16.6 Å². The summed E-state index contributed by atoms with van der Waals surface area (Å²) >= 11 is 0. The third-order valence-corrected chi connectivity index (χ3v) is 3.78. The molecule has 0 aliphatic heterocycles. The van der Waals surface area contributed by atoms with Gasteiger partial charge in [-0.2, -0.15) is 0 Å². The standard InChI is InChI=1S/C21H16O7/c1-25-14-7-3-5-13(9-14)6-4-8-27-15-10-16(22)20-17(23)12-19(21(24)26-2)28-18(20)11-15/h3,5,7,9-12,22H,8H2,1-2H3. The molecule has 0 amide bonds. The molecule has 1 heterocycles. The van der Waals surface area contributed by atoms with E-state index in [0.29, 0.717) is 5.75 Å². The molecule has 3 rings (SSSR count). The number of ether oxygens (including phenoxy) is 3. The molecule has 3 aromatic rings. The lowest BCUT2D eigenvalue weighted by Crippen LogP contribution is -2.08. The lowest BCUT2D eigenvalue weighted by atomic mass is 10.2. The first-order valence-corrected chi connectivity index (χ1v) is 8.16. The molecule has 2 aromatic carbocycles. The molecule has 1 aromatic heterocycles. The zero-order valence-corrected chi connectivity index (χ0v) is 15.1. The van der Waals surface area contributed by atoms with Crippen molar-refractivity contribution in [1.29, 1.82) is 0 Å². The van der Waals surface area contributed by atoms with Gasteiger partial charge in [-0.25, -0.2) is 4.79 Å². The fourth-order valence-corrected chi connectivity index (χ4v) is 2.49. The van der Waals surface area contributed by atoms with Crippen molar-refractivity contribution in [2.45, 2.75) is 0 Å². The first-order valence-electron chi connectivity index (χ1n) is 8.16. The Balaban J connectivity index is 1.83. The van der Waals surface area contributed by atoms with Gasteiger partial charge in [0.1, 0.15) is 34.8 Å². The predicted molar refractivity (Wildman–Crippen MR) is 101 cm³/mol. The van der Waals surface area contributed by atoms with E-state index < -0.39 is 11.4 Å². The van der Waals surface area contributed by atoms with Crippen LogP contribution in [0, 0.1) is 11.8 Å². The molecule has 0 aliphatic carbocycles. The van der Waals surface area contributed by atoms with Crippen molar-refractivity contribution in [1.82, 2.24) is 0 Å². The summed E-state index contributed by atoms with van der Waals surface area (Å²) in [6, 6.07) is 10.9. The fourth-order valence-electron chi connectivity index (χ4n) is 2.49. The average Bonchev–Trinajstić information content (AvgIpc) is 2.70. The molecule has 28 heavy (non-hydrogen) atoms. The number of fused-ring (bicyclic) bond motifs is 1. The van der Waals surface area contributed by atoms with Crippen molar-refractivity contribution in [3.8, 4) is 29.1 Å². The number of phenolic OH excluding ortho intramolecular Hbond substituents is 1. The van der Waals surface area contributed by atoms with Crippen LogP contribution in [0.3, 0.4) is 0 Å². The van der Waals surface area contributed by atoms with E-state index in [4.69, 9.17) is 13.9 Å². The molecule has 0 saturated heterocycles. The van der Waals surface area contributed by atoms with Crippen molar-refractivity contribution in [2.24, 2.45) is 0 Å². The van der Waals surface area contributed by atoms with E-state index in [1.165, 1.54) is 19.2 Å². The molecule has 0 unspecified atom stereocenters. The maximum Gasteiger partial charge on any atom is 0.374 e. The molecule has 0 saturated carbocycles. The van der Waals surface area contributed by atoms with Gasteiger partial charge in [-0.15, -0.1) is 0 Å². The van der Waals surface area contributed by atoms with Crippen molar-refractivity contribution in [3.63, 3.8) is 0 Å². The highest BCUT2D eigenvalue weighted by atomic mass is 16.5. The molecule has 7 heteroatoms. The van der Waals surface area contributed by atoms with E-state index in [1.807, 2.05) is 18.2 Å². The smallest absolute Gasteiger partial charge is 0.374 e. The topological polar surface area (TPSA) is 95.2 Å². The second kappa shape index (κ2) is 8.18. The van der Waals surface area contributed by atoms with E-state index in [9.17, 15) is 14.7 Å². The number of phenols is 1. The summed E-state index contributed by atoms with van der Waals surface area (Å²) in [6.07, 6.45) is 0. The van der Waals surface area contributed by atoms with Gasteiger partial charge in [-0.1, -0.05) is 17.9 Å². The van der Waals surface area contributed by atoms with Crippen molar-refractivity contribution < 1.29 is 28.5 Å². The van der Waals surface area contributed by atoms with E-state index >= 15 is 0 Å². The van der Waals surface area contributed by atoms with Crippen molar-refractivity contribution >= 4 is 16.9 Å². The molecule has 142 valence electrons. The van der Waals surface area contributed by atoms with Crippen LogP contribution in [-0.4, -0.2) is 31.9 Å². The van der Waals surface area contributed by atoms with E-state index in [-0.39, 0.29) is 34.8 Å². The highest BCUT2D eigenvalue weighted by Gasteiger charge is 2.16. The van der Waals surface area contributed by atoms with Gasteiger partial charge in [0.25, 0.3) is 0 Å². The van der Waals surface area contributed by atoms with Gasteiger partial charge in [-0.3, -0.25) is 4.79 Å². The van der Waals surface area contributed by atoms with Crippen molar-refractivity contribution in [2.75, 3.05) is 20.8 Å². The van der Waals surface area contributed by atoms with Crippen LogP contribution in [0.2, 0.25) is 0 Å². The van der Waals surface area contributed by atoms with Gasteiger partial charge < -0.3 is 23.7 Å². The quantitative estimate of drug-likeness (QED) is 0.549. The number of hydrogen-bond donors (Lipinski definition) is 1. The van der Waals surface area contributed by atoms with E-state index in [1.54, 1.807) is 13.2 Å². The molecular weight excluding hydrogens is 364 g/mol. The Morgan fingerprint density at radius 3 is 2.71 bits per heavy atom. The second-order valence-electron chi connectivity index (χ2n) is 5.60. The monoisotopic (exact) mass is 380 g/mol. The molecular formula is C21H16O7. The Bertz CT molecular complexity index is 1150. The Kier molecular flexibility index (Phi) is 5.51. The Labute approximate surface area is 160 Å². The molecule has 1 N–H and O–H groups in total. The van der Waals surface area contributed by atoms with E-state index in [0.717, 1.165) is 11.6 Å². The van der Waals surface area contributed by atoms with Gasteiger partial charge in [0, 0.05) is 23.8 Å². The third-order valence-electron chi connectivity index (χ3n) is 3.78. The number of rotatable bonds is 4. The number of methoxy groups -OCH3 is 2. The van der Waals surface area contributed by atoms with Gasteiger partial charge in [0.2, 0.25) is 5.76 Å². The van der Waals surface area contributed by atoms with Gasteiger partial charge in [-0.05, 0) is 18.2 Å². The minimum absolute atomic E-state index is 0.00338. The zero-order valence-electron chi connectivity index (χ0n) is 15.1. The molecule has 0 fully saturated rings. The Hall–Kier alpha value is -3.92. The summed E-state index contributed by atoms with van der Waals surface area (Å²) in [6.45, 7) is 0.0308.